The van der Waals surface area contributed by atoms with E-state index in [1.807, 2.05) is 0 Å². The van der Waals surface area contributed by atoms with Crippen LogP contribution in [0.3, 0.4) is 0 Å². The van der Waals surface area contributed by atoms with Gasteiger partial charge in [-0.25, -0.2) is 0 Å². The Labute approximate surface area is 85.4 Å². The highest BCUT2D eigenvalue weighted by Gasteiger charge is 2.30. The van der Waals surface area contributed by atoms with Gasteiger partial charge < -0.3 is 5.32 Å². The summed E-state index contributed by atoms with van der Waals surface area (Å²) in [5.74, 6) is 1.34. The van der Waals surface area contributed by atoms with E-state index in [0.717, 1.165) is 17.3 Å². The Hall–Kier alpha value is 0.270. The number of thioether (sulfide) groups is 1. The zero-order valence-electron chi connectivity index (χ0n) is 8.62. The monoisotopic (exact) mass is 200 g/mol. The van der Waals surface area contributed by atoms with Gasteiger partial charge >= 0.3 is 0 Å². The zero-order chi connectivity index (χ0) is 9.26. The van der Waals surface area contributed by atoms with Crippen molar-refractivity contribution in [2.45, 2.75) is 37.1 Å². The lowest BCUT2D eigenvalue weighted by Crippen LogP contribution is -2.41. The molecule has 3 heteroatoms. The SMILES string of the molecule is CC1CC(N(C)C2CCNC2)CS1. The topological polar surface area (TPSA) is 15.3 Å². The maximum absolute atomic E-state index is 3.44. The molecule has 0 spiro atoms. The molecule has 0 aliphatic carbocycles. The quantitative estimate of drug-likeness (QED) is 0.720. The summed E-state index contributed by atoms with van der Waals surface area (Å²) in [5.41, 5.74) is 0. The normalized spacial score (nSPS) is 40.4. The maximum Gasteiger partial charge on any atom is 0.0232 e. The van der Waals surface area contributed by atoms with Gasteiger partial charge in [0.25, 0.3) is 0 Å². The van der Waals surface area contributed by atoms with Crippen molar-refractivity contribution in [3.8, 4) is 0 Å². The lowest BCUT2D eigenvalue weighted by atomic mass is 10.1. The molecule has 76 valence electrons. The molecule has 0 aromatic heterocycles. The van der Waals surface area contributed by atoms with Gasteiger partial charge in [-0.3, -0.25) is 4.90 Å². The van der Waals surface area contributed by atoms with Gasteiger partial charge in [0, 0.05) is 29.6 Å². The van der Waals surface area contributed by atoms with E-state index in [-0.39, 0.29) is 0 Å². The van der Waals surface area contributed by atoms with Gasteiger partial charge in [-0.2, -0.15) is 11.8 Å². The van der Waals surface area contributed by atoms with Gasteiger partial charge in [0.15, 0.2) is 0 Å². The molecular weight excluding hydrogens is 180 g/mol. The summed E-state index contributed by atoms with van der Waals surface area (Å²) in [7, 11) is 2.31. The van der Waals surface area contributed by atoms with E-state index in [1.165, 1.54) is 31.7 Å². The first-order valence-corrected chi connectivity index (χ1v) is 6.36. The van der Waals surface area contributed by atoms with Crippen LogP contribution in [0.25, 0.3) is 0 Å². The predicted molar refractivity (Wildman–Crippen MR) is 59.4 cm³/mol. The molecule has 2 aliphatic rings. The third-order valence-electron chi connectivity index (χ3n) is 3.36. The first-order chi connectivity index (χ1) is 6.27. The second-order valence-corrected chi connectivity index (χ2v) is 5.82. The maximum atomic E-state index is 3.44. The highest BCUT2D eigenvalue weighted by atomic mass is 32.2. The van der Waals surface area contributed by atoms with Gasteiger partial charge in [-0.15, -0.1) is 0 Å². The Morgan fingerprint density at radius 3 is 2.77 bits per heavy atom. The largest absolute Gasteiger partial charge is 0.315 e. The molecule has 3 unspecified atom stereocenters. The van der Waals surface area contributed by atoms with Crippen LogP contribution in [0.1, 0.15) is 19.8 Å². The van der Waals surface area contributed by atoms with Crippen molar-refractivity contribution in [2.24, 2.45) is 0 Å². The molecule has 2 heterocycles. The number of hydrogen-bond donors (Lipinski definition) is 1. The summed E-state index contributed by atoms with van der Waals surface area (Å²) in [5, 5.41) is 4.32. The van der Waals surface area contributed by atoms with Crippen LogP contribution < -0.4 is 5.32 Å². The van der Waals surface area contributed by atoms with Crippen LogP contribution in [0, 0.1) is 0 Å². The van der Waals surface area contributed by atoms with Gasteiger partial charge in [0.2, 0.25) is 0 Å². The van der Waals surface area contributed by atoms with Crippen molar-refractivity contribution in [1.82, 2.24) is 10.2 Å². The molecule has 13 heavy (non-hydrogen) atoms. The molecule has 0 amide bonds. The predicted octanol–water partition coefficient (Wildman–Crippen LogP) is 1.17. The summed E-state index contributed by atoms with van der Waals surface area (Å²) in [6.45, 7) is 4.77. The minimum absolute atomic E-state index is 0.802. The van der Waals surface area contributed by atoms with Gasteiger partial charge in [-0.05, 0) is 26.4 Å². The minimum atomic E-state index is 0.802. The van der Waals surface area contributed by atoms with Crippen LogP contribution in [-0.2, 0) is 0 Å². The van der Waals surface area contributed by atoms with E-state index in [9.17, 15) is 0 Å². The lowest BCUT2D eigenvalue weighted by Gasteiger charge is -2.29. The van der Waals surface area contributed by atoms with Crippen molar-refractivity contribution in [3.05, 3.63) is 0 Å². The second kappa shape index (κ2) is 4.20. The standard InChI is InChI=1S/C10H20N2S/c1-8-5-10(7-13-8)12(2)9-3-4-11-6-9/h8-11H,3-7H2,1-2H3. The lowest BCUT2D eigenvalue weighted by molar-refractivity contribution is 0.196. The highest BCUT2D eigenvalue weighted by molar-refractivity contribution is 8.00. The van der Waals surface area contributed by atoms with E-state index in [0.29, 0.717) is 0 Å². The molecule has 2 nitrogen and oxygen atoms in total. The van der Waals surface area contributed by atoms with Crippen LogP contribution >= 0.6 is 11.8 Å². The molecule has 0 saturated carbocycles. The molecule has 0 aromatic carbocycles. The Morgan fingerprint density at radius 1 is 1.38 bits per heavy atom. The second-order valence-electron chi connectivity index (χ2n) is 4.35. The third-order valence-corrected chi connectivity index (χ3v) is 4.70. The average molecular weight is 200 g/mol. The Bertz CT molecular complexity index is 168. The van der Waals surface area contributed by atoms with Crippen LogP contribution in [-0.4, -0.2) is 48.1 Å². The molecule has 3 atom stereocenters. The Balaban J connectivity index is 1.85. The first kappa shape index (κ1) is 9.81. The average Bonchev–Trinajstić information content (AvgIpc) is 2.72. The van der Waals surface area contributed by atoms with Crippen LogP contribution in [0.2, 0.25) is 0 Å². The molecule has 2 saturated heterocycles. The summed E-state index contributed by atoms with van der Waals surface area (Å²) in [6, 6.07) is 1.64. The van der Waals surface area contributed by atoms with Gasteiger partial charge in [0.05, 0.1) is 0 Å². The van der Waals surface area contributed by atoms with Crippen LogP contribution in [0.15, 0.2) is 0 Å². The molecule has 2 aliphatic heterocycles. The minimum Gasteiger partial charge on any atom is -0.315 e. The molecule has 2 rings (SSSR count). The van der Waals surface area contributed by atoms with Crippen molar-refractivity contribution < 1.29 is 0 Å². The van der Waals surface area contributed by atoms with Crippen molar-refractivity contribution in [2.75, 3.05) is 25.9 Å². The van der Waals surface area contributed by atoms with E-state index in [1.54, 1.807) is 0 Å². The van der Waals surface area contributed by atoms with Gasteiger partial charge in [-0.1, -0.05) is 6.92 Å². The molecule has 1 N–H and O–H groups in total. The fraction of sp³-hybridized carbons (Fsp3) is 1.00. The number of nitrogens with one attached hydrogen (secondary N) is 1. The molecule has 2 fully saturated rings. The molecule has 0 radical (unpaired) electrons. The van der Waals surface area contributed by atoms with Gasteiger partial charge in [0.1, 0.15) is 0 Å². The van der Waals surface area contributed by atoms with Crippen molar-refractivity contribution in [1.29, 1.82) is 0 Å². The molecule has 0 bridgehead atoms. The smallest absolute Gasteiger partial charge is 0.0232 e. The first-order valence-electron chi connectivity index (χ1n) is 5.31. The fourth-order valence-corrected chi connectivity index (χ4v) is 3.64. The summed E-state index contributed by atoms with van der Waals surface area (Å²) < 4.78 is 0. The summed E-state index contributed by atoms with van der Waals surface area (Å²) >= 11 is 2.13. The summed E-state index contributed by atoms with van der Waals surface area (Å²) in [4.78, 5) is 2.61. The summed E-state index contributed by atoms with van der Waals surface area (Å²) in [6.07, 6.45) is 2.73. The number of nitrogens with zero attached hydrogens (tertiary/aromatic N) is 1. The Morgan fingerprint density at radius 2 is 2.23 bits per heavy atom. The van der Waals surface area contributed by atoms with E-state index < -0.39 is 0 Å². The molecular formula is C10H20N2S. The number of rotatable bonds is 2. The Kier molecular flexibility index (Phi) is 3.17. The van der Waals surface area contributed by atoms with Crippen LogP contribution in [0.4, 0.5) is 0 Å². The van der Waals surface area contributed by atoms with E-state index in [4.69, 9.17) is 0 Å². The highest BCUT2D eigenvalue weighted by Crippen LogP contribution is 2.30. The third kappa shape index (κ3) is 2.20. The van der Waals surface area contributed by atoms with Crippen molar-refractivity contribution >= 4 is 11.8 Å². The number of hydrogen-bond acceptors (Lipinski definition) is 3. The zero-order valence-corrected chi connectivity index (χ0v) is 9.44. The molecule has 0 aromatic rings. The van der Waals surface area contributed by atoms with Crippen LogP contribution in [0.5, 0.6) is 0 Å². The van der Waals surface area contributed by atoms with E-state index >= 15 is 0 Å². The fourth-order valence-electron chi connectivity index (χ4n) is 2.36. The van der Waals surface area contributed by atoms with E-state index in [2.05, 4.69) is 35.9 Å². The van der Waals surface area contributed by atoms with Crippen molar-refractivity contribution in [3.63, 3.8) is 0 Å². The number of likely N-dealkylation sites (N-methyl/N-ethyl adjacent to an activating group) is 1.